The number of carbonyl (C=O) groups excluding carboxylic acids is 1. The largest absolute Gasteiger partial charge is 0.350 e. The van der Waals surface area contributed by atoms with Crippen molar-refractivity contribution in [2.24, 2.45) is 0 Å². The van der Waals surface area contributed by atoms with Crippen LogP contribution >= 0.6 is 0 Å². The second kappa shape index (κ2) is 9.79. The van der Waals surface area contributed by atoms with Crippen LogP contribution in [0.2, 0.25) is 0 Å². The first-order valence-corrected chi connectivity index (χ1v) is 12.7. The lowest BCUT2D eigenvalue weighted by atomic mass is 10.2. The topological polar surface area (TPSA) is 84.3 Å². The van der Waals surface area contributed by atoms with Gasteiger partial charge in [0.1, 0.15) is 5.82 Å². The Balaban J connectivity index is 1.45. The van der Waals surface area contributed by atoms with Gasteiger partial charge < -0.3 is 9.88 Å². The molecule has 0 bridgehead atoms. The van der Waals surface area contributed by atoms with Crippen LogP contribution in [0.4, 0.5) is 5.69 Å². The molecule has 1 N–H and O–H groups in total. The number of anilines is 1. The van der Waals surface area contributed by atoms with Crippen molar-refractivity contribution in [3.05, 3.63) is 77.4 Å². The number of hydrogen-bond acceptors (Lipinski definition) is 4. The summed E-state index contributed by atoms with van der Waals surface area (Å²) >= 11 is 0. The molecule has 0 aliphatic carbocycles. The van der Waals surface area contributed by atoms with E-state index in [4.69, 9.17) is 0 Å². The van der Waals surface area contributed by atoms with Gasteiger partial charge >= 0.3 is 0 Å². The summed E-state index contributed by atoms with van der Waals surface area (Å²) in [5.41, 5.74) is 3.39. The first-order chi connectivity index (χ1) is 15.8. The minimum Gasteiger partial charge on any atom is -0.350 e. The highest BCUT2D eigenvalue weighted by Gasteiger charge is 2.25. The van der Waals surface area contributed by atoms with Gasteiger partial charge in [0.05, 0.1) is 22.8 Å². The number of benzene rings is 2. The monoisotopic (exact) mass is 466 g/mol. The van der Waals surface area contributed by atoms with Crippen LogP contribution in [0.3, 0.4) is 0 Å². The molecular weight excluding hydrogens is 436 g/mol. The molecule has 2 aromatic carbocycles. The van der Waals surface area contributed by atoms with Crippen molar-refractivity contribution in [1.82, 2.24) is 14.9 Å². The van der Waals surface area contributed by atoms with Gasteiger partial charge in [-0.2, -0.15) is 0 Å². The van der Waals surface area contributed by atoms with Gasteiger partial charge in [-0.05, 0) is 51.0 Å². The fourth-order valence-corrected chi connectivity index (χ4v) is 5.44. The van der Waals surface area contributed by atoms with Crippen molar-refractivity contribution in [3.63, 3.8) is 0 Å². The Bertz CT molecular complexity index is 1190. The van der Waals surface area contributed by atoms with Crippen LogP contribution in [0.1, 0.15) is 41.9 Å². The zero-order valence-corrected chi connectivity index (χ0v) is 19.9. The first-order valence-electron chi connectivity index (χ1n) is 11.3. The third kappa shape index (κ3) is 5.45. The van der Waals surface area contributed by atoms with E-state index in [1.54, 1.807) is 36.4 Å². The van der Waals surface area contributed by atoms with Crippen LogP contribution in [0.25, 0.3) is 0 Å². The zero-order chi connectivity index (χ0) is 23.4. The molecule has 8 heteroatoms. The lowest BCUT2D eigenvalue weighted by molar-refractivity contribution is -0.121. The number of fused-ring (bicyclic) bond motifs is 1. The molecule has 0 atom stereocenters. The maximum atomic E-state index is 13.4. The third-order valence-corrected chi connectivity index (χ3v) is 7.74. The lowest BCUT2D eigenvalue weighted by Crippen LogP contribution is -2.35. The summed E-state index contributed by atoms with van der Waals surface area (Å²) < 4.78 is 30.3. The standard InChI is InChI=1S/C25H30N4O3S/c1-19-6-10-22(11-7-19)29(33(31,32)23-12-8-20(2)9-13-23)16-14-25(30)26-17-21-18-28-15-4-3-5-24(28)27-21/h6-13,18H,3-5,14-17H2,1-2H3,(H,26,30). The molecule has 1 aliphatic heterocycles. The van der Waals surface area contributed by atoms with E-state index >= 15 is 0 Å². The van der Waals surface area contributed by atoms with E-state index in [0.29, 0.717) is 12.2 Å². The molecule has 4 rings (SSSR count). The second-order valence-electron chi connectivity index (χ2n) is 8.55. The summed E-state index contributed by atoms with van der Waals surface area (Å²) in [5, 5.41) is 2.89. The van der Waals surface area contributed by atoms with Gasteiger partial charge in [0, 0.05) is 32.1 Å². The smallest absolute Gasteiger partial charge is 0.264 e. The molecule has 0 unspecified atom stereocenters. The third-order valence-electron chi connectivity index (χ3n) is 5.90. The summed E-state index contributed by atoms with van der Waals surface area (Å²) in [6.07, 6.45) is 5.31. The molecule has 7 nitrogen and oxygen atoms in total. The molecular formula is C25H30N4O3S. The van der Waals surface area contributed by atoms with Gasteiger partial charge in [-0.3, -0.25) is 9.10 Å². The van der Waals surface area contributed by atoms with Crippen LogP contribution in [0.5, 0.6) is 0 Å². The van der Waals surface area contributed by atoms with Crippen LogP contribution in [-0.2, 0) is 34.3 Å². The quantitative estimate of drug-likeness (QED) is 0.548. The number of carbonyl (C=O) groups is 1. The van der Waals surface area contributed by atoms with Crippen molar-refractivity contribution < 1.29 is 13.2 Å². The number of aryl methyl sites for hydroxylation is 4. The molecule has 174 valence electrons. The highest BCUT2D eigenvalue weighted by atomic mass is 32.2. The van der Waals surface area contributed by atoms with E-state index in [-0.39, 0.29) is 23.8 Å². The molecule has 1 amide bonds. The minimum atomic E-state index is -3.81. The Labute approximate surface area is 195 Å². The highest BCUT2D eigenvalue weighted by Crippen LogP contribution is 2.25. The fraction of sp³-hybridized carbons (Fsp3) is 0.360. The lowest BCUT2D eigenvalue weighted by Gasteiger charge is -2.24. The van der Waals surface area contributed by atoms with E-state index in [2.05, 4.69) is 14.9 Å². The highest BCUT2D eigenvalue weighted by molar-refractivity contribution is 7.92. The van der Waals surface area contributed by atoms with Gasteiger partial charge in [0.15, 0.2) is 0 Å². The SMILES string of the molecule is Cc1ccc(N(CCC(=O)NCc2cn3c(n2)CCCC3)S(=O)(=O)c2ccc(C)cc2)cc1. The molecule has 3 aromatic rings. The summed E-state index contributed by atoms with van der Waals surface area (Å²) in [7, 11) is -3.81. The normalized spacial score (nSPS) is 13.4. The average Bonchev–Trinajstić information content (AvgIpc) is 3.22. The molecule has 0 radical (unpaired) electrons. The van der Waals surface area contributed by atoms with Crippen molar-refractivity contribution >= 4 is 21.6 Å². The Kier molecular flexibility index (Phi) is 6.83. The molecule has 2 heterocycles. The van der Waals surface area contributed by atoms with Crippen LogP contribution in [0.15, 0.2) is 59.6 Å². The number of nitrogens with one attached hydrogen (secondary N) is 1. The van der Waals surface area contributed by atoms with Crippen molar-refractivity contribution in [1.29, 1.82) is 0 Å². The summed E-state index contributed by atoms with van der Waals surface area (Å²) in [6, 6.07) is 14.0. The summed E-state index contributed by atoms with van der Waals surface area (Å²) in [6.45, 7) is 5.22. The maximum Gasteiger partial charge on any atom is 0.264 e. The number of imidazole rings is 1. The van der Waals surface area contributed by atoms with E-state index in [9.17, 15) is 13.2 Å². The molecule has 0 saturated carbocycles. The van der Waals surface area contributed by atoms with Crippen LogP contribution in [0, 0.1) is 13.8 Å². The maximum absolute atomic E-state index is 13.4. The fourth-order valence-electron chi connectivity index (χ4n) is 3.97. The number of aromatic nitrogens is 2. The van der Waals surface area contributed by atoms with Gasteiger partial charge in [-0.15, -0.1) is 0 Å². The van der Waals surface area contributed by atoms with E-state index in [1.165, 1.54) is 4.31 Å². The molecule has 0 saturated heterocycles. The van der Waals surface area contributed by atoms with E-state index < -0.39 is 10.0 Å². The molecule has 0 spiro atoms. The first kappa shape index (κ1) is 23.0. The van der Waals surface area contributed by atoms with Gasteiger partial charge in [0.2, 0.25) is 5.91 Å². The van der Waals surface area contributed by atoms with E-state index in [0.717, 1.165) is 48.5 Å². The number of amides is 1. The second-order valence-corrected chi connectivity index (χ2v) is 10.4. The Morgan fingerprint density at radius 1 is 1.03 bits per heavy atom. The van der Waals surface area contributed by atoms with E-state index in [1.807, 2.05) is 32.2 Å². The molecule has 1 aliphatic rings. The molecule has 0 fully saturated rings. The average molecular weight is 467 g/mol. The van der Waals surface area contributed by atoms with Gasteiger partial charge in [-0.1, -0.05) is 35.4 Å². The number of rotatable bonds is 8. The van der Waals surface area contributed by atoms with Crippen LogP contribution < -0.4 is 9.62 Å². The van der Waals surface area contributed by atoms with Crippen molar-refractivity contribution in [2.45, 2.75) is 57.5 Å². The van der Waals surface area contributed by atoms with Crippen molar-refractivity contribution in [2.75, 3.05) is 10.8 Å². The predicted octanol–water partition coefficient (Wildman–Crippen LogP) is 3.74. The van der Waals surface area contributed by atoms with Crippen LogP contribution in [-0.4, -0.2) is 30.4 Å². The minimum absolute atomic E-state index is 0.0464. The number of sulfonamides is 1. The zero-order valence-electron chi connectivity index (χ0n) is 19.1. The summed E-state index contributed by atoms with van der Waals surface area (Å²) in [4.78, 5) is 17.4. The predicted molar refractivity (Wildman–Crippen MR) is 129 cm³/mol. The Morgan fingerprint density at radius 3 is 2.36 bits per heavy atom. The Hall–Kier alpha value is -3.13. The number of nitrogens with zero attached hydrogens (tertiary/aromatic N) is 3. The Morgan fingerprint density at radius 2 is 1.70 bits per heavy atom. The number of hydrogen-bond donors (Lipinski definition) is 1. The van der Waals surface area contributed by atoms with Gasteiger partial charge in [-0.25, -0.2) is 13.4 Å². The molecule has 33 heavy (non-hydrogen) atoms. The van der Waals surface area contributed by atoms with Gasteiger partial charge in [0.25, 0.3) is 10.0 Å². The summed E-state index contributed by atoms with van der Waals surface area (Å²) in [5.74, 6) is 0.859. The molecule has 1 aromatic heterocycles. The van der Waals surface area contributed by atoms with Crippen molar-refractivity contribution in [3.8, 4) is 0 Å².